The number of nitrogens with zero attached hydrogens (tertiary/aromatic N) is 2. The summed E-state index contributed by atoms with van der Waals surface area (Å²) in [5, 5.41) is 2.73. The molecule has 6 nitrogen and oxygen atoms in total. The van der Waals surface area contributed by atoms with Crippen molar-refractivity contribution in [2.24, 2.45) is 0 Å². The highest BCUT2D eigenvalue weighted by atomic mass is 19.4. The van der Waals surface area contributed by atoms with Crippen LogP contribution in [0.15, 0.2) is 48.5 Å². The Hall–Kier alpha value is -2.62. The Morgan fingerprint density at radius 1 is 1.12 bits per heavy atom. The van der Waals surface area contributed by atoms with Gasteiger partial charge in [0.1, 0.15) is 0 Å². The molecule has 0 aliphatic carbocycles. The van der Waals surface area contributed by atoms with Crippen LogP contribution in [0.2, 0.25) is 0 Å². The number of alkyl halides is 3. The van der Waals surface area contributed by atoms with Crippen molar-refractivity contribution in [3.63, 3.8) is 0 Å². The van der Waals surface area contributed by atoms with E-state index < -0.39 is 11.7 Å². The molecule has 9 heteroatoms. The topological polar surface area (TPSA) is 54.0 Å². The lowest BCUT2D eigenvalue weighted by Gasteiger charge is -2.31. The number of halogens is 3. The van der Waals surface area contributed by atoms with Crippen molar-refractivity contribution in [2.45, 2.75) is 19.0 Å². The van der Waals surface area contributed by atoms with Gasteiger partial charge >= 0.3 is 6.18 Å². The van der Waals surface area contributed by atoms with E-state index in [0.29, 0.717) is 51.7 Å². The molecular weight excluding hydrogens is 447 g/mol. The fraction of sp³-hybridized carbons (Fsp3) is 0.480. The SMILES string of the molecule is COCCN(CCCc1ccccc1)CC(=O)Nc1cc(C(F)(F)F)ccc1N1CCOCC1. The number of amides is 1. The third kappa shape index (κ3) is 8.00. The number of benzene rings is 2. The van der Waals surface area contributed by atoms with Gasteiger partial charge < -0.3 is 19.7 Å². The zero-order valence-electron chi connectivity index (χ0n) is 19.4. The van der Waals surface area contributed by atoms with Gasteiger partial charge in [-0.25, -0.2) is 0 Å². The highest BCUT2D eigenvalue weighted by Crippen LogP contribution is 2.35. The predicted molar refractivity (Wildman–Crippen MR) is 126 cm³/mol. The average Bonchev–Trinajstić information content (AvgIpc) is 2.83. The molecule has 0 bridgehead atoms. The van der Waals surface area contributed by atoms with Crippen LogP contribution < -0.4 is 10.2 Å². The second-order valence-corrected chi connectivity index (χ2v) is 8.24. The minimum absolute atomic E-state index is 0.0664. The molecule has 0 radical (unpaired) electrons. The number of rotatable bonds is 11. The number of hydrogen-bond acceptors (Lipinski definition) is 5. The molecule has 1 N–H and O–H groups in total. The second-order valence-electron chi connectivity index (χ2n) is 8.24. The van der Waals surface area contributed by atoms with Gasteiger partial charge in [-0.15, -0.1) is 0 Å². The van der Waals surface area contributed by atoms with E-state index in [4.69, 9.17) is 9.47 Å². The lowest BCUT2D eigenvalue weighted by Crippen LogP contribution is -2.38. The van der Waals surface area contributed by atoms with E-state index in [-0.39, 0.29) is 18.1 Å². The molecule has 0 saturated carbocycles. The lowest BCUT2D eigenvalue weighted by molar-refractivity contribution is -0.137. The Bertz CT molecular complexity index is 903. The zero-order chi connectivity index (χ0) is 24.4. The highest BCUT2D eigenvalue weighted by Gasteiger charge is 2.32. The fourth-order valence-electron chi connectivity index (χ4n) is 3.93. The summed E-state index contributed by atoms with van der Waals surface area (Å²) in [6, 6.07) is 13.6. The van der Waals surface area contributed by atoms with Gasteiger partial charge in [0.05, 0.1) is 43.3 Å². The van der Waals surface area contributed by atoms with Gasteiger partial charge in [-0.3, -0.25) is 9.69 Å². The first-order valence-corrected chi connectivity index (χ1v) is 11.5. The van der Waals surface area contributed by atoms with Gasteiger partial charge in [0, 0.05) is 26.7 Å². The monoisotopic (exact) mass is 479 g/mol. The van der Waals surface area contributed by atoms with Crippen molar-refractivity contribution in [1.29, 1.82) is 0 Å². The van der Waals surface area contributed by atoms with Gasteiger partial charge in [-0.1, -0.05) is 30.3 Å². The van der Waals surface area contributed by atoms with Gasteiger partial charge in [0.25, 0.3) is 0 Å². The molecule has 1 heterocycles. The molecule has 34 heavy (non-hydrogen) atoms. The molecule has 0 aromatic heterocycles. The number of anilines is 2. The molecule has 0 spiro atoms. The molecule has 1 amide bonds. The largest absolute Gasteiger partial charge is 0.416 e. The van der Waals surface area contributed by atoms with E-state index in [9.17, 15) is 18.0 Å². The number of ether oxygens (including phenoxy) is 2. The molecule has 0 atom stereocenters. The van der Waals surface area contributed by atoms with Crippen LogP contribution in [0.3, 0.4) is 0 Å². The van der Waals surface area contributed by atoms with Gasteiger partial charge in [-0.05, 0) is 43.1 Å². The maximum atomic E-state index is 13.3. The maximum absolute atomic E-state index is 13.3. The van der Waals surface area contributed by atoms with Gasteiger partial charge in [-0.2, -0.15) is 13.2 Å². The summed E-state index contributed by atoms with van der Waals surface area (Å²) in [5.74, 6) is -0.357. The first-order valence-electron chi connectivity index (χ1n) is 11.5. The summed E-state index contributed by atoms with van der Waals surface area (Å²) in [6.45, 7) is 3.82. The smallest absolute Gasteiger partial charge is 0.383 e. The quantitative estimate of drug-likeness (QED) is 0.527. The van der Waals surface area contributed by atoms with Crippen LogP contribution in [0.4, 0.5) is 24.5 Å². The van der Waals surface area contributed by atoms with E-state index >= 15 is 0 Å². The number of methoxy groups -OCH3 is 1. The fourth-order valence-corrected chi connectivity index (χ4v) is 3.93. The van der Waals surface area contributed by atoms with Crippen LogP contribution >= 0.6 is 0 Å². The maximum Gasteiger partial charge on any atom is 0.416 e. The number of carbonyl (C=O) groups is 1. The molecular formula is C25H32F3N3O3. The van der Waals surface area contributed by atoms with E-state index in [1.165, 1.54) is 11.6 Å². The van der Waals surface area contributed by atoms with E-state index in [2.05, 4.69) is 17.4 Å². The van der Waals surface area contributed by atoms with Crippen molar-refractivity contribution in [1.82, 2.24) is 4.90 Å². The van der Waals surface area contributed by atoms with Crippen molar-refractivity contribution < 1.29 is 27.4 Å². The third-order valence-electron chi connectivity index (χ3n) is 5.71. The lowest BCUT2D eigenvalue weighted by atomic mass is 10.1. The van der Waals surface area contributed by atoms with Gasteiger partial charge in [0.15, 0.2) is 0 Å². The molecule has 1 saturated heterocycles. The summed E-state index contributed by atoms with van der Waals surface area (Å²) >= 11 is 0. The van der Waals surface area contributed by atoms with E-state index in [0.717, 1.165) is 25.0 Å². The van der Waals surface area contributed by atoms with E-state index in [1.54, 1.807) is 7.11 Å². The normalized spacial score (nSPS) is 14.4. The minimum atomic E-state index is -4.50. The van der Waals surface area contributed by atoms with Crippen LogP contribution in [0, 0.1) is 0 Å². The minimum Gasteiger partial charge on any atom is -0.383 e. The summed E-state index contributed by atoms with van der Waals surface area (Å²) in [4.78, 5) is 16.8. The Labute approximate surface area is 198 Å². The van der Waals surface area contributed by atoms with Crippen molar-refractivity contribution in [3.8, 4) is 0 Å². The summed E-state index contributed by atoms with van der Waals surface area (Å²) < 4.78 is 50.5. The number of morpholine rings is 1. The molecule has 2 aromatic rings. The molecule has 1 fully saturated rings. The third-order valence-corrected chi connectivity index (χ3v) is 5.71. The van der Waals surface area contributed by atoms with Crippen molar-refractivity contribution >= 4 is 17.3 Å². The standard InChI is InChI=1S/C25H32F3N3O3/c1-33-15-12-30(11-5-8-20-6-3-2-4-7-20)19-24(32)29-22-18-21(25(26,27)28)9-10-23(22)31-13-16-34-17-14-31/h2-4,6-7,9-10,18H,5,8,11-17,19H2,1H3,(H,29,32). The van der Waals surface area contributed by atoms with Crippen molar-refractivity contribution in [2.75, 3.05) is 69.9 Å². The molecule has 1 aliphatic rings. The average molecular weight is 480 g/mol. The van der Waals surface area contributed by atoms with Crippen LogP contribution in [0.5, 0.6) is 0 Å². The van der Waals surface area contributed by atoms with Crippen LogP contribution in [-0.4, -0.2) is 70.5 Å². The first kappa shape index (κ1) is 26.0. The van der Waals surface area contributed by atoms with Gasteiger partial charge in [0.2, 0.25) is 5.91 Å². The Morgan fingerprint density at radius 3 is 2.53 bits per heavy atom. The number of carbonyl (C=O) groups excluding carboxylic acids is 1. The summed E-state index contributed by atoms with van der Waals surface area (Å²) in [5.41, 5.74) is 1.16. The van der Waals surface area contributed by atoms with Crippen LogP contribution in [0.25, 0.3) is 0 Å². The number of hydrogen-bond donors (Lipinski definition) is 1. The highest BCUT2D eigenvalue weighted by molar-refractivity contribution is 5.95. The Morgan fingerprint density at radius 2 is 1.85 bits per heavy atom. The Balaban J connectivity index is 1.67. The van der Waals surface area contributed by atoms with E-state index in [1.807, 2.05) is 28.0 Å². The molecule has 3 rings (SSSR count). The van der Waals surface area contributed by atoms with Crippen LogP contribution in [-0.2, 0) is 26.9 Å². The summed E-state index contributed by atoms with van der Waals surface area (Å²) in [7, 11) is 1.60. The van der Waals surface area contributed by atoms with Crippen molar-refractivity contribution in [3.05, 3.63) is 59.7 Å². The first-order chi connectivity index (χ1) is 16.4. The number of aryl methyl sites for hydroxylation is 1. The van der Waals surface area contributed by atoms with Crippen LogP contribution in [0.1, 0.15) is 17.5 Å². The zero-order valence-corrected chi connectivity index (χ0v) is 19.4. The molecule has 2 aromatic carbocycles. The molecule has 1 aliphatic heterocycles. The predicted octanol–water partition coefficient (Wildman–Crippen LogP) is 4.06. The number of nitrogens with one attached hydrogen (secondary N) is 1. The second kappa shape index (κ2) is 12.7. The molecule has 0 unspecified atom stereocenters. The molecule has 186 valence electrons. The summed E-state index contributed by atoms with van der Waals surface area (Å²) in [6.07, 6.45) is -2.77. The Kier molecular flexibility index (Phi) is 9.74.